The second-order valence-electron chi connectivity index (χ2n) is 16.8. The number of hydrogen-bond acceptors (Lipinski definition) is 10. The van der Waals surface area contributed by atoms with E-state index in [0.717, 1.165) is 38.8 Å². The van der Waals surface area contributed by atoms with Crippen molar-refractivity contribution in [1.82, 2.24) is 25.5 Å². The number of aliphatic hydroxyl groups is 1. The van der Waals surface area contributed by atoms with E-state index < -0.39 is 41.6 Å². The normalized spacial score (nSPS) is 16.9. The summed E-state index contributed by atoms with van der Waals surface area (Å²) in [6.07, 6.45) is 0.438. The van der Waals surface area contributed by atoms with Gasteiger partial charge in [-0.1, -0.05) is 81.5 Å². The smallest absolute Gasteiger partial charge is 0.407 e. The minimum absolute atomic E-state index is 0.0447. The molecule has 15 heteroatoms. The Labute approximate surface area is 369 Å². The molecule has 2 aliphatic heterocycles. The van der Waals surface area contributed by atoms with Crippen molar-refractivity contribution < 1.29 is 42.9 Å². The molecule has 0 unspecified atom stereocenters. The molecule has 0 bridgehead atoms. The number of nitrogens with zero attached hydrogens (tertiary/aromatic N) is 2. The number of alkyl carbamates (subject to hydrolysis) is 1. The minimum atomic E-state index is -1.85. The van der Waals surface area contributed by atoms with Gasteiger partial charge in [0.25, 0.3) is 0 Å². The van der Waals surface area contributed by atoms with Gasteiger partial charge in [0.1, 0.15) is 42.5 Å². The standard InChI is InChI=1S/C48H50FN5O8S/c1-6-48(59)37-19-40-42-34(21-54(40)45(63)36(37)23-61-46(48)57)32(33-18-26(4)38(49)20-39(33)52-42)16-11-17-60-24-50-43(55)27(5)51-44(56)41(25(2)3)53-47(58)62-22-35-30-14-9-7-12-28(30)29-13-8-10-15-31(29)35/h7-10,12-15,18-20,25,27,35,41,59H,6,11,16-17,21-24H2,1-5H3,(H,50,55)(H,51,56)(H,53,58)/t27-,41-,48-/m0/s1. The van der Waals surface area contributed by atoms with Gasteiger partial charge in [-0.05, 0) is 84.5 Å². The van der Waals surface area contributed by atoms with Gasteiger partial charge in [-0.2, -0.15) is 0 Å². The first-order valence-corrected chi connectivity index (χ1v) is 21.7. The topological polar surface area (TPSA) is 170 Å². The number of carbonyl (C=O) groups excluding carboxylic acids is 4. The Kier molecular flexibility index (Phi) is 12.2. The van der Waals surface area contributed by atoms with Gasteiger partial charge in [-0.25, -0.2) is 19.0 Å². The lowest BCUT2D eigenvalue weighted by molar-refractivity contribution is -0.172. The molecule has 13 nitrogen and oxygen atoms in total. The molecule has 328 valence electrons. The average molecular weight is 876 g/mol. The Morgan fingerprint density at radius 2 is 1.71 bits per heavy atom. The molecule has 0 saturated heterocycles. The Bertz CT molecular complexity index is 2690. The van der Waals surface area contributed by atoms with Crippen molar-refractivity contribution in [3.8, 4) is 22.5 Å². The highest BCUT2D eigenvalue weighted by molar-refractivity contribution is 7.71. The molecule has 0 fully saturated rings. The highest BCUT2D eigenvalue weighted by Crippen LogP contribution is 2.45. The number of benzene rings is 3. The van der Waals surface area contributed by atoms with Crippen LogP contribution < -0.4 is 16.0 Å². The van der Waals surface area contributed by atoms with Crippen molar-refractivity contribution in [2.75, 3.05) is 19.9 Å². The molecule has 5 aromatic rings. The average Bonchev–Trinajstić information content (AvgIpc) is 3.80. The monoisotopic (exact) mass is 875 g/mol. The molecular formula is C48H50FN5O8S. The molecule has 2 aromatic heterocycles. The van der Waals surface area contributed by atoms with Crippen LogP contribution in [-0.4, -0.2) is 70.6 Å². The number of ether oxygens (including phenoxy) is 3. The predicted octanol–water partition coefficient (Wildman–Crippen LogP) is 6.99. The van der Waals surface area contributed by atoms with Crippen molar-refractivity contribution in [2.45, 2.75) is 90.6 Å². The maximum atomic E-state index is 14.9. The van der Waals surface area contributed by atoms with Gasteiger partial charge in [0.15, 0.2) is 5.60 Å². The largest absolute Gasteiger partial charge is 0.458 e. The lowest BCUT2D eigenvalue weighted by Crippen LogP contribution is -2.54. The molecule has 4 N–H and O–H groups in total. The van der Waals surface area contributed by atoms with Crippen LogP contribution >= 0.6 is 12.2 Å². The van der Waals surface area contributed by atoms with Crippen molar-refractivity contribution in [2.24, 2.45) is 5.92 Å². The molecule has 0 spiro atoms. The highest BCUT2D eigenvalue weighted by Gasteiger charge is 2.45. The molecule has 0 radical (unpaired) electrons. The van der Waals surface area contributed by atoms with Gasteiger partial charge in [0, 0.05) is 40.7 Å². The van der Waals surface area contributed by atoms with E-state index in [4.69, 9.17) is 31.4 Å². The number of amides is 3. The molecule has 63 heavy (non-hydrogen) atoms. The lowest BCUT2D eigenvalue weighted by Gasteiger charge is -2.32. The molecule has 1 aliphatic carbocycles. The van der Waals surface area contributed by atoms with Gasteiger partial charge < -0.3 is 39.8 Å². The van der Waals surface area contributed by atoms with Gasteiger partial charge >= 0.3 is 12.1 Å². The van der Waals surface area contributed by atoms with Gasteiger partial charge in [-0.15, -0.1) is 0 Å². The summed E-state index contributed by atoms with van der Waals surface area (Å²) in [5.41, 5.74) is 7.52. The fourth-order valence-electron chi connectivity index (χ4n) is 8.95. The zero-order valence-electron chi connectivity index (χ0n) is 35.8. The van der Waals surface area contributed by atoms with Crippen LogP contribution in [0.4, 0.5) is 9.18 Å². The molecule has 3 aromatic carbocycles. The van der Waals surface area contributed by atoms with Crippen molar-refractivity contribution in [1.29, 1.82) is 0 Å². The molecule has 4 heterocycles. The number of cyclic esters (lactones) is 1. The first-order chi connectivity index (χ1) is 30.2. The Morgan fingerprint density at radius 3 is 2.40 bits per heavy atom. The third-order valence-electron chi connectivity index (χ3n) is 12.5. The van der Waals surface area contributed by atoms with Crippen LogP contribution in [0.5, 0.6) is 0 Å². The number of fused-ring (bicyclic) bond motifs is 8. The number of carbonyl (C=O) groups is 4. The Morgan fingerprint density at radius 1 is 1.02 bits per heavy atom. The number of aromatic nitrogens is 2. The van der Waals surface area contributed by atoms with E-state index in [1.54, 1.807) is 46.8 Å². The van der Waals surface area contributed by atoms with Crippen LogP contribution in [0.2, 0.25) is 0 Å². The molecule has 3 atom stereocenters. The van der Waals surface area contributed by atoms with Gasteiger partial charge in [0.05, 0.1) is 23.4 Å². The highest BCUT2D eigenvalue weighted by atomic mass is 32.1. The third-order valence-corrected chi connectivity index (χ3v) is 12.9. The van der Waals surface area contributed by atoms with Gasteiger partial charge in [0.2, 0.25) is 11.8 Å². The zero-order chi connectivity index (χ0) is 44.7. The van der Waals surface area contributed by atoms with Crippen LogP contribution in [0.3, 0.4) is 0 Å². The minimum Gasteiger partial charge on any atom is -0.458 e. The fraction of sp³-hybridized carbons (Fsp3) is 0.375. The number of hydrogen-bond donors (Lipinski definition) is 4. The summed E-state index contributed by atoms with van der Waals surface area (Å²) in [6.45, 7) is 9.14. The quantitative estimate of drug-likeness (QED) is 0.0388. The lowest BCUT2D eigenvalue weighted by atomic mass is 9.86. The molecule has 3 aliphatic rings. The number of esters is 1. The number of pyridine rings is 2. The van der Waals surface area contributed by atoms with Crippen LogP contribution in [0.25, 0.3) is 33.4 Å². The summed E-state index contributed by atoms with van der Waals surface area (Å²) in [7, 11) is 0. The van der Waals surface area contributed by atoms with Crippen LogP contribution in [0.1, 0.15) is 85.4 Å². The number of aryl methyl sites for hydroxylation is 2. The first-order valence-electron chi connectivity index (χ1n) is 21.3. The SMILES string of the molecule is CC[C@@]1(O)C(=O)OCc2c1cc1n(c2=S)Cc2c-1nc1cc(F)c(C)cc1c2CCCOCNC(=O)[C@H](C)NC(=O)[C@@H](NC(=O)OCC1c2ccccc2-c2ccccc21)C(C)C. The van der Waals surface area contributed by atoms with E-state index in [1.807, 2.05) is 41.0 Å². The van der Waals surface area contributed by atoms with Crippen molar-refractivity contribution in [3.63, 3.8) is 0 Å². The Hall–Kier alpha value is -6.03. The summed E-state index contributed by atoms with van der Waals surface area (Å²) in [5.74, 6) is -2.55. The molecular weight excluding hydrogens is 826 g/mol. The summed E-state index contributed by atoms with van der Waals surface area (Å²) in [6, 6.07) is 19.1. The van der Waals surface area contributed by atoms with E-state index in [2.05, 4.69) is 28.1 Å². The van der Waals surface area contributed by atoms with E-state index in [0.29, 0.717) is 57.6 Å². The maximum absolute atomic E-state index is 14.9. The molecule has 0 saturated carbocycles. The zero-order valence-corrected chi connectivity index (χ0v) is 36.6. The third kappa shape index (κ3) is 8.09. The predicted molar refractivity (Wildman–Crippen MR) is 236 cm³/mol. The second kappa shape index (κ2) is 17.6. The van der Waals surface area contributed by atoms with E-state index in [9.17, 15) is 28.7 Å². The van der Waals surface area contributed by atoms with E-state index in [-0.39, 0.29) is 50.6 Å². The van der Waals surface area contributed by atoms with E-state index in [1.165, 1.54) is 6.07 Å². The van der Waals surface area contributed by atoms with Crippen LogP contribution in [-0.2, 0) is 53.8 Å². The van der Waals surface area contributed by atoms with Crippen LogP contribution in [0.15, 0.2) is 66.7 Å². The van der Waals surface area contributed by atoms with E-state index >= 15 is 0 Å². The first kappa shape index (κ1) is 43.6. The summed E-state index contributed by atoms with van der Waals surface area (Å²) < 4.78 is 34.1. The fourth-order valence-corrected chi connectivity index (χ4v) is 9.28. The molecule has 3 amide bonds. The summed E-state index contributed by atoms with van der Waals surface area (Å²) in [5, 5.41) is 20.2. The van der Waals surface area contributed by atoms with Gasteiger partial charge in [-0.3, -0.25) is 9.59 Å². The second-order valence-corrected chi connectivity index (χ2v) is 17.1. The van der Waals surface area contributed by atoms with Crippen molar-refractivity contribution >= 4 is 47.0 Å². The maximum Gasteiger partial charge on any atom is 0.407 e. The number of rotatable bonds is 14. The van der Waals surface area contributed by atoms with Crippen LogP contribution in [0, 0.1) is 23.3 Å². The summed E-state index contributed by atoms with van der Waals surface area (Å²) in [4.78, 5) is 57.0. The number of halogens is 1. The van der Waals surface area contributed by atoms with Crippen molar-refractivity contribution in [3.05, 3.63) is 116 Å². The summed E-state index contributed by atoms with van der Waals surface area (Å²) >= 11 is 5.89. The number of nitrogens with one attached hydrogen (secondary N) is 3. The molecule has 8 rings (SSSR count). The Balaban J connectivity index is 0.857.